The van der Waals surface area contributed by atoms with Crippen LogP contribution in [0, 0.1) is 17.2 Å². The Balaban J connectivity index is 2.44. The highest BCUT2D eigenvalue weighted by Gasteiger charge is 2.36. The zero-order valence-electron chi connectivity index (χ0n) is 18.1. The van der Waals surface area contributed by atoms with Crippen molar-refractivity contribution in [3.8, 4) is 6.07 Å². The van der Waals surface area contributed by atoms with Crippen LogP contribution in [0.2, 0.25) is 0 Å². The van der Waals surface area contributed by atoms with Gasteiger partial charge >= 0.3 is 12.3 Å². The molecule has 2 unspecified atom stereocenters. The number of allylic oxidation sites excluding steroid dienone is 2. The number of carbonyl (C=O) groups is 2. The number of nitrogens with one attached hydrogen (secondary N) is 1. The minimum atomic E-state index is -1.51. The molecule has 1 aromatic rings. The standard InChI is InChI=1S/C22H26N2O7/c1-12(2)17(11-28-5)29-22(27)31-20-14(4)24-13(3)19(30-21(25)26)18(20)16-8-6-7-15(9-16)10-23/h6-9,12,17-18,24H,11H2,1-5H3,(H,25,26). The molecule has 2 N–H and O–H groups in total. The van der Waals surface area contributed by atoms with Crippen LogP contribution in [-0.4, -0.2) is 37.2 Å². The van der Waals surface area contributed by atoms with Gasteiger partial charge < -0.3 is 29.4 Å². The van der Waals surface area contributed by atoms with Crippen LogP contribution in [0.25, 0.3) is 0 Å². The van der Waals surface area contributed by atoms with E-state index in [0.717, 1.165) is 0 Å². The smallest absolute Gasteiger partial charge is 0.449 e. The highest BCUT2D eigenvalue weighted by Crippen LogP contribution is 2.39. The van der Waals surface area contributed by atoms with Gasteiger partial charge in [-0.3, -0.25) is 0 Å². The van der Waals surface area contributed by atoms with Gasteiger partial charge in [-0.25, -0.2) is 9.59 Å². The first-order chi connectivity index (χ1) is 14.7. The first kappa shape index (κ1) is 23.8. The van der Waals surface area contributed by atoms with Gasteiger partial charge in [0.05, 0.1) is 29.6 Å². The first-order valence-corrected chi connectivity index (χ1v) is 9.64. The Hall–Kier alpha value is -3.51. The van der Waals surface area contributed by atoms with Gasteiger partial charge in [0.25, 0.3) is 0 Å². The van der Waals surface area contributed by atoms with Crippen LogP contribution in [0.4, 0.5) is 9.59 Å². The van der Waals surface area contributed by atoms with Crippen molar-refractivity contribution in [1.82, 2.24) is 5.32 Å². The third kappa shape index (κ3) is 5.99. The van der Waals surface area contributed by atoms with E-state index in [1.165, 1.54) is 7.11 Å². The Morgan fingerprint density at radius 3 is 2.39 bits per heavy atom. The fourth-order valence-corrected chi connectivity index (χ4v) is 3.18. The predicted molar refractivity (Wildman–Crippen MR) is 110 cm³/mol. The Bertz CT molecular complexity index is 943. The Labute approximate surface area is 180 Å². The van der Waals surface area contributed by atoms with E-state index in [1.807, 2.05) is 19.9 Å². The summed E-state index contributed by atoms with van der Waals surface area (Å²) in [4.78, 5) is 23.9. The summed E-state index contributed by atoms with van der Waals surface area (Å²) >= 11 is 0. The van der Waals surface area contributed by atoms with Crippen molar-refractivity contribution in [3.63, 3.8) is 0 Å². The van der Waals surface area contributed by atoms with E-state index < -0.39 is 24.3 Å². The number of rotatable bonds is 7. The molecule has 31 heavy (non-hydrogen) atoms. The zero-order valence-corrected chi connectivity index (χ0v) is 18.1. The lowest BCUT2D eigenvalue weighted by Crippen LogP contribution is -2.32. The first-order valence-electron chi connectivity index (χ1n) is 9.64. The molecule has 1 aliphatic rings. The highest BCUT2D eigenvalue weighted by atomic mass is 16.7. The lowest BCUT2D eigenvalue weighted by atomic mass is 9.89. The summed E-state index contributed by atoms with van der Waals surface area (Å²) in [7, 11) is 1.50. The molecule has 0 amide bonds. The molecule has 0 saturated heterocycles. The number of methoxy groups -OCH3 is 1. The summed E-state index contributed by atoms with van der Waals surface area (Å²) in [5.41, 5.74) is 1.80. The predicted octanol–water partition coefficient (Wildman–Crippen LogP) is 4.23. The number of dihydropyridines is 1. The van der Waals surface area contributed by atoms with E-state index in [1.54, 1.807) is 38.1 Å². The summed E-state index contributed by atoms with van der Waals surface area (Å²) in [6.45, 7) is 7.28. The van der Waals surface area contributed by atoms with E-state index in [2.05, 4.69) is 5.32 Å². The van der Waals surface area contributed by atoms with Crippen molar-refractivity contribution in [3.05, 3.63) is 58.3 Å². The molecule has 1 aliphatic heterocycles. The lowest BCUT2D eigenvalue weighted by molar-refractivity contribution is -0.0165. The maximum atomic E-state index is 12.6. The molecule has 0 spiro atoms. The van der Waals surface area contributed by atoms with Crippen molar-refractivity contribution in [1.29, 1.82) is 5.26 Å². The van der Waals surface area contributed by atoms with E-state index in [-0.39, 0.29) is 24.0 Å². The molecule has 2 atom stereocenters. The molecule has 0 aromatic heterocycles. The van der Waals surface area contributed by atoms with Crippen LogP contribution in [0.1, 0.15) is 44.7 Å². The third-order valence-electron chi connectivity index (χ3n) is 4.70. The van der Waals surface area contributed by atoms with Crippen molar-refractivity contribution in [2.45, 2.75) is 39.7 Å². The summed E-state index contributed by atoms with van der Waals surface area (Å²) in [5, 5.41) is 21.5. The number of nitrogens with zero attached hydrogens (tertiary/aromatic N) is 1. The van der Waals surface area contributed by atoms with Crippen LogP contribution < -0.4 is 5.32 Å². The van der Waals surface area contributed by atoms with Crippen molar-refractivity contribution in [2.75, 3.05) is 13.7 Å². The largest absolute Gasteiger partial charge is 0.513 e. The second kappa shape index (κ2) is 10.5. The lowest BCUT2D eigenvalue weighted by Gasteiger charge is -2.30. The van der Waals surface area contributed by atoms with Crippen molar-refractivity contribution in [2.24, 2.45) is 5.92 Å². The van der Waals surface area contributed by atoms with E-state index in [9.17, 15) is 20.0 Å². The molecule has 9 nitrogen and oxygen atoms in total. The van der Waals surface area contributed by atoms with Crippen LogP contribution >= 0.6 is 0 Å². The normalized spacial score (nSPS) is 17.0. The molecule has 2 rings (SSSR count). The quantitative estimate of drug-likeness (QED) is 0.611. The van der Waals surface area contributed by atoms with Crippen LogP contribution in [0.3, 0.4) is 0 Å². The average molecular weight is 430 g/mol. The minimum absolute atomic E-state index is 0.0109. The molecule has 166 valence electrons. The van der Waals surface area contributed by atoms with Crippen LogP contribution in [-0.2, 0) is 18.9 Å². The Kier molecular flexibility index (Phi) is 8.05. The highest BCUT2D eigenvalue weighted by molar-refractivity contribution is 5.64. The monoisotopic (exact) mass is 430 g/mol. The van der Waals surface area contributed by atoms with Crippen molar-refractivity contribution >= 4 is 12.3 Å². The fourth-order valence-electron chi connectivity index (χ4n) is 3.18. The molecule has 0 radical (unpaired) electrons. The van der Waals surface area contributed by atoms with Gasteiger partial charge in [0.15, 0.2) is 0 Å². The number of ether oxygens (including phenoxy) is 4. The number of hydrogen-bond acceptors (Lipinski definition) is 8. The van der Waals surface area contributed by atoms with Crippen LogP contribution in [0.5, 0.6) is 0 Å². The third-order valence-corrected chi connectivity index (χ3v) is 4.70. The Morgan fingerprint density at radius 1 is 1.19 bits per heavy atom. The molecule has 1 heterocycles. The zero-order chi connectivity index (χ0) is 23.1. The summed E-state index contributed by atoms with van der Waals surface area (Å²) in [6.07, 6.45) is -3.00. The number of hydrogen-bond donors (Lipinski definition) is 2. The maximum Gasteiger partial charge on any atom is 0.513 e. The number of benzene rings is 1. The second-order valence-electron chi connectivity index (χ2n) is 7.35. The topological polar surface area (TPSA) is 127 Å². The summed E-state index contributed by atoms with van der Waals surface area (Å²) in [5.74, 6) is -0.739. The van der Waals surface area contributed by atoms with Gasteiger partial charge in [-0.15, -0.1) is 0 Å². The maximum absolute atomic E-state index is 12.6. The molecular formula is C22H26N2O7. The molecule has 1 aromatic carbocycles. The van der Waals surface area contributed by atoms with E-state index >= 15 is 0 Å². The van der Waals surface area contributed by atoms with Gasteiger partial charge in [0.1, 0.15) is 23.5 Å². The number of carboxylic acid groups (broad SMARTS) is 1. The molecule has 0 saturated carbocycles. The van der Waals surface area contributed by atoms with Crippen molar-refractivity contribution < 1.29 is 33.6 Å². The molecule has 9 heteroatoms. The number of carbonyl (C=O) groups excluding carboxylic acids is 1. The SMILES string of the molecule is COCC(OC(=O)OC1=C(C)NC(C)=C(OC(=O)O)C1c1cccc(C#N)c1)C(C)C. The molecule has 0 aliphatic carbocycles. The van der Waals surface area contributed by atoms with Gasteiger partial charge in [0.2, 0.25) is 0 Å². The molecule has 0 fully saturated rings. The van der Waals surface area contributed by atoms with Gasteiger partial charge in [-0.05, 0) is 37.5 Å². The fraction of sp³-hybridized carbons (Fsp3) is 0.409. The number of nitriles is 1. The van der Waals surface area contributed by atoms with Gasteiger partial charge in [0, 0.05) is 7.11 Å². The second-order valence-corrected chi connectivity index (χ2v) is 7.35. The molecule has 0 bridgehead atoms. The Morgan fingerprint density at radius 2 is 1.84 bits per heavy atom. The summed E-state index contributed by atoms with van der Waals surface area (Å²) < 4.78 is 21.1. The van der Waals surface area contributed by atoms with Gasteiger partial charge in [-0.1, -0.05) is 26.0 Å². The van der Waals surface area contributed by atoms with E-state index in [0.29, 0.717) is 22.5 Å². The average Bonchev–Trinajstić information content (AvgIpc) is 2.71. The van der Waals surface area contributed by atoms with Crippen LogP contribution in [0.15, 0.2) is 47.2 Å². The minimum Gasteiger partial charge on any atom is -0.449 e. The molecular weight excluding hydrogens is 404 g/mol. The van der Waals surface area contributed by atoms with E-state index in [4.69, 9.17) is 18.9 Å². The van der Waals surface area contributed by atoms with Gasteiger partial charge in [-0.2, -0.15) is 5.26 Å². The summed E-state index contributed by atoms with van der Waals surface area (Å²) in [6, 6.07) is 8.59.